The number of hydrogen-bond donors (Lipinski definition) is 1. The second-order valence-electron chi connectivity index (χ2n) is 2.72. The maximum atomic E-state index is 8.55. The minimum absolute atomic E-state index is 0.0112. The first-order valence-corrected chi connectivity index (χ1v) is 3.35. The quantitative estimate of drug-likeness (QED) is 0.613. The van der Waals surface area contributed by atoms with Crippen LogP contribution in [0.2, 0.25) is 0 Å². The van der Waals surface area contributed by atoms with Crippen molar-refractivity contribution in [1.29, 1.82) is 5.26 Å². The highest BCUT2D eigenvalue weighted by Gasteiger charge is 2.41. The van der Waals surface area contributed by atoms with Gasteiger partial charge in [0.2, 0.25) is 0 Å². The van der Waals surface area contributed by atoms with Crippen LogP contribution in [0.5, 0.6) is 0 Å². The number of aliphatic hydroxyl groups is 1. The molecule has 0 aromatic rings. The van der Waals surface area contributed by atoms with Crippen LogP contribution in [0.25, 0.3) is 0 Å². The van der Waals surface area contributed by atoms with E-state index in [4.69, 9.17) is 10.4 Å². The lowest BCUT2D eigenvalue weighted by molar-refractivity contribution is 0.275. The molecular formula is C7H11NO. The van der Waals surface area contributed by atoms with E-state index in [1.54, 1.807) is 0 Å². The van der Waals surface area contributed by atoms with E-state index in [2.05, 4.69) is 6.07 Å². The first kappa shape index (κ1) is 6.57. The van der Waals surface area contributed by atoms with Gasteiger partial charge < -0.3 is 5.11 Å². The molecule has 0 aromatic heterocycles. The van der Waals surface area contributed by atoms with Crippen molar-refractivity contribution in [3.05, 3.63) is 0 Å². The van der Waals surface area contributed by atoms with E-state index in [9.17, 15) is 0 Å². The van der Waals surface area contributed by atoms with Crippen LogP contribution in [0.15, 0.2) is 0 Å². The van der Waals surface area contributed by atoms with Crippen molar-refractivity contribution in [2.75, 3.05) is 6.61 Å². The van der Waals surface area contributed by atoms with E-state index in [1.165, 1.54) is 0 Å². The van der Waals surface area contributed by atoms with Crippen LogP contribution in [-0.4, -0.2) is 11.7 Å². The van der Waals surface area contributed by atoms with Gasteiger partial charge in [0.05, 0.1) is 11.5 Å². The number of nitriles is 1. The summed E-state index contributed by atoms with van der Waals surface area (Å²) in [4.78, 5) is 0. The summed E-state index contributed by atoms with van der Waals surface area (Å²) in [6.07, 6.45) is 3.76. The fourth-order valence-electron chi connectivity index (χ4n) is 0.986. The minimum atomic E-state index is -0.0112. The van der Waals surface area contributed by atoms with E-state index in [1.807, 2.05) is 0 Å². The highest BCUT2D eigenvalue weighted by Crippen LogP contribution is 2.48. The Morgan fingerprint density at radius 1 is 1.56 bits per heavy atom. The SMILES string of the molecule is N#CC1(CCCO)CC1. The van der Waals surface area contributed by atoms with E-state index in [-0.39, 0.29) is 12.0 Å². The van der Waals surface area contributed by atoms with E-state index in [0.29, 0.717) is 0 Å². The van der Waals surface area contributed by atoms with Crippen LogP contribution >= 0.6 is 0 Å². The van der Waals surface area contributed by atoms with Crippen molar-refractivity contribution in [1.82, 2.24) is 0 Å². The fraction of sp³-hybridized carbons (Fsp3) is 0.857. The summed E-state index contributed by atoms with van der Waals surface area (Å²) >= 11 is 0. The predicted molar refractivity (Wildman–Crippen MR) is 33.6 cm³/mol. The van der Waals surface area contributed by atoms with Gasteiger partial charge in [-0.05, 0) is 25.7 Å². The molecule has 1 aliphatic carbocycles. The highest BCUT2D eigenvalue weighted by atomic mass is 16.2. The first-order chi connectivity index (χ1) is 4.33. The average molecular weight is 125 g/mol. The lowest BCUT2D eigenvalue weighted by Crippen LogP contribution is -1.96. The van der Waals surface area contributed by atoms with Gasteiger partial charge in [-0.2, -0.15) is 5.26 Å². The normalized spacial score (nSPS) is 20.9. The van der Waals surface area contributed by atoms with Crippen LogP contribution in [0.4, 0.5) is 0 Å². The first-order valence-electron chi connectivity index (χ1n) is 3.35. The number of hydrogen-bond acceptors (Lipinski definition) is 2. The van der Waals surface area contributed by atoms with Crippen LogP contribution in [0.3, 0.4) is 0 Å². The van der Waals surface area contributed by atoms with Gasteiger partial charge >= 0.3 is 0 Å². The maximum Gasteiger partial charge on any atom is 0.0689 e. The Hall–Kier alpha value is -0.550. The zero-order chi connectivity index (χ0) is 6.74. The van der Waals surface area contributed by atoms with Crippen LogP contribution in [0.1, 0.15) is 25.7 Å². The summed E-state index contributed by atoms with van der Waals surface area (Å²) in [5, 5.41) is 17.0. The summed E-state index contributed by atoms with van der Waals surface area (Å²) in [6.45, 7) is 0.226. The summed E-state index contributed by atoms with van der Waals surface area (Å²) in [5.41, 5.74) is -0.0112. The zero-order valence-corrected chi connectivity index (χ0v) is 5.43. The molecule has 2 heteroatoms. The lowest BCUT2D eigenvalue weighted by Gasteiger charge is -2.00. The molecule has 0 aromatic carbocycles. The Morgan fingerprint density at radius 3 is 2.56 bits per heavy atom. The predicted octanol–water partition coefficient (Wildman–Crippen LogP) is 1.06. The van der Waals surface area contributed by atoms with Gasteiger partial charge in [-0.25, -0.2) is 0 Å². The molecule has 9 heavy (non-hydrogen) atoms. The second-order valence-corrected chi connectivity index (χ2v) is 2.72. The Labute approximate surface area is 55.1 Å². The Morgan fingerprint density at radius 2 is 2.22 bits per heavy atom. The molecule has 50 valence electrons. The van der Waals surface area contributed by atoms with Gasteiger partial charge in [-0.1, -0.05) is 0 Å². The van der Waals surface area contributed by atoms with Crippen molar-refractivity contribution in [3.8, 4) is 6.07 Å². The molecule has 1 aliphatic rings. The van der Waals surface area contributed by atoms with E-state index in [0.717, 1.165) is 25.7 Å². The maximum absolute atomic E-state index is 8.55. The topological polar surface area (TPSA) is 44.0 Å². The molecule has 1 fully saturated rings. The van der Waals surface area contributed by atoms with Crippen LogP contribution < -0.4 is 0 Å². The summed E-state index contributed by atoms with van der Waals surface area (Å²) in [5.74, 6) is 0. The molecule has 0 heterocycles. The van der Waals surface area contributed by atoms with Crippen LogP contribution in [-0.2, 0) is 0 Å². The third kappa shape index (κ3) is 1.43. The van der Waals surface area contributed by atoms with Gasteiger partial charge in [-0.15, -0.1) is 0 Å². The Kier molecular flexibility index (Phi) is 1.73. The molecule has 0 saturated heterocycles. The fourth-order valence-corrected chi connectivity index (χ4v) is 0.986. The molecule has 0 radical (unpaired) electrons. The third-order valence-corrected chi connectivity index (χ3v) is 1.90. The summed E-state index contributed by atoms with van der Waals surface area (Å²) < 4.78 is 0. The summed E-state index contributed by atoms with van der Waals surface area (Å²) in [7, 11) is 0. The van der Waals surface area contributed by atoms with Gasteiger partial charge in [0, 0.05) is 6.61 Å². The molecule has 0 bridgehead atoms. The monoisotopic (exact) mass is 125 g/mol. The molecule has 0 amide bonds. The molecule has 1 saturated carbocycles. The molecule has 2 nitrogen and oxygen atoms in total. The standard InChI is InChI=1S/C7H11NO/c8-6-7(3-4-7)2-1-5-9/h9H,1-5H2. The molecule has 0 atom stereocenters. The third-order valence-electron chi connectivity index (χ3n) is 1.90. The molecule has 0 unspecified atom stereocenters. The average Bonchev–Trinajstić information content (AvgIpc) is 2.65. The number of rotatable bonds is 3. The minimum Gasteiger partial charge on any atom is -0.396 e. The van der Waals surface area contributed by atoms with Gasteiger partial charge in [0.25, 0.3) is 0 Å². The smallest absolute Gasteiger partial charge is 0.0689 e. The summed E-state index contributed by atoms with van der Waals surface area (Å²) in [6, 6.07) is 2.28. The molecule has 1 N–H and O–H groups in total. The van der Waals surface area contributed by atoms with Crippen molar-refractivity contribution >= 4 is 0 Å². The number of aliphatic hydroxyl groups excluding tert-OH is 1. The lowest BCUT2D eigenvalue weighted by atomic mass is 10.0. The molecule has 0 spiro atoms. The zero-order valence-electron chi connectivity index (χ0n) is 5.43. The van der Waals surface area contributed by atoms with Crippen molar-refractivity contribution in [2.45, 2.75) is 25.7 Å². The van der Waals surface area contributed by atoms with Gasteiger partial charge in [0.1, 0.15) is 0 Å². The molecular weight excluding hydrogens is 114 g/mol. The highest BCUT2D eigenvalue weighted by molar-refractivity contribution is 5.09. The van der Waals surface area contributed by atoms with Crippen molar-refractivity contribution in [2.24, 2.45) is 5.41 Å². The largest absolute Gasteiger partial charge is 0.396 e. The molecule has 0 aliphatic heterocycles. The number of nitrogens with zero attached hydrogens (tertiary/aromatic N) is 1. The van der Waals surface area contributed by atoms with Gasteiger partial charge in [0.15, 0.2) is 0 Å². The van der Waals surface area contributed by atoms with E-state index >= 15 is 0 Å². The molecule has 1 rings (SSSR count). The van der Waals surface area contributed by atoms with Crippen LogP contribution in [0, 0.1) is 16.7 Å². The Bertz CT molecular complexity index is 132. The van der Waals surface area contributed by atoms with Crippen molar-refractivity contribution in [3.63, 3.8) is 0 Å². The second kappa shape index (κ2) is 2.36. The van der Waals surface area contributed by atoms with Crippen molar-refractivity contribution < 1.29 is 5.11 Å². The van der Waals surface area contributed by atoms with E-state index < -0.39 is 0 Å². The Balaban J connectivity index is 2.20. The van der Waals surface area contributed by atoms with Gasteiger partial charge in [-0.3, -0.25) is 0 Å².